The molecule has 0 aliphatic carbocycles. The lowest BCUT2D eigenvalue weighted by atomic mass is 10.2. The Morgan fingerprint density at radius 3 is 2.37 bits per heavy atom. The van der Waals surface area contributed by atoms with Gasteiger partial charge in [0.2, 0.25) is 0 Å². The van der Waals surface area contributed by atoms with Crippen LogP contribution in [0.5, 0.6) is 0 Å². The number of para-hydroxylation sites is 1. The second kappa shape index (κ2) is 10.7. The number of hydrogen-bond donors (Lipinski definition) is 0. The first-order valence-corrected chi connectivity index (χ1v) is 10.8. The van der Waals surface area contributed by atoms with Crippen molar-refractivity contribution >= 4 is 27.6 Å². The summed E-state index contributed by atoms with van der Waals surface area (Å²) in [6.45, 7) is 2.01. The smallest absolute Gasteiger partial charge is 0.325 e. The standard InChI is InChI=1S/C21H26N2O6S/c1-4-29-20(24)16-23(13-14-28-3)21(25)17-9-8-12-19(15-17)30(26,27)22(2)18-10-6-5-7-11-18/h5-12,15H,4,13-14,16H2,1-3H3. The van der Waals surface area contributed by atoms with E-state index in [4.69, 9.17) is 9.47 Å². The number of carbonyl (C=O) groups excluding carboxylic acids is 2. The molecule has 0 aliphatic rings. The number of benzene rings is 2. The normalized spacial score (nSPS) is 11.0. The van der Waals surface area contributed by atoms with E-state index in [1.54, 1.807) is 37.3 Å². The molecule has 0 bridgehead atoms. The summed E-state index contributed by atoms with van der Waals surface area (Å²) in [6.07, 6.45) is 0. The van der Waals surface area contributed by atoms with Crippen LogP contribution in [0.3, 0.4) is 0 Å². The summed E-state index contributed by atoms with van der Waals surface area (Å²) in [5.41, 5.74) is 0.649. The lowest BCUT2D eigenvalue weighted by Gasteiger charge is -2.22. The molecule has 0 heterocycles. The second-order valence-electron chi connectivity index (χ2n) is 6.36. The number of esters is 1. The van der Waals surface area contributed by atoms with Crippen molar-refractivity contribution in [1.29, 1.82) is 0 Å². The molecule has 2 rings (SSSR count). The summed E-state index contributed by atoms with van der Waals surface area (Å²) in [6, 6.07) is 14.4. The fourth-order valence-electron chi connectivity index (χ4n) is 2.72. The van der Waals surface area contributed by atoms with Crippen molar-refractivity contribution in [3.05, 3.63) is 60.2 Å². The average Bonchev–Trinajstić information content (AvgIpc) is 2.76. The van der Waals surface area contributed by atoms with Crippen molar-refractivity contribution in [3.8, 4) is 0 Å². The molecule has 2 aromatic rings. The van der Waals surface area contributed by atoms with E-state index in [1.165, 1.54) is 43.3 Å². The summed E-state index contributed by atoms with van der Waals surface area (Å²) in [5.74, 6) is -1.03. The molecule has 0 spiro atoms. The maximum absolute atomic E-state index is 13.0. The van der Waals surface area contributed by atoms with Gasteiger partial charge in [-0.2, -0.15) is 0 Å². The van der Waals surface area contributed by atoms with E-state index in [-0.39, 0.29) is 36.8 Å². The quantitative estimate of drug-likeness (QED) is 0.532. The monoisotopic (exact) mass is 434 g/mol. The Bertz CT molecular complexity index is 962. The molecule has 0 saturated heterocycles. The average molecular weight is 435 g/mol. The minimum absolute atomic E-state index is 0.0254. The minimum atomic E-state index is -3.88. The Kier molecular flexibility index (Phi) is 8.37. The largest absolute Gasteiger partial charge is 0.465 e. The molecule has 0 fully saturated rings. The Hall–Kier alpha value is -2.91. The van der Waals surface area contributed by atoms with Crippen LogP contribution in [0.25, 0.3) is 0 Å². The molecule has 0 atom stereocenters. The van der Waals surface area contributed by atoms with Crippen LogP contribution in [0.1, 0.15) is 17.3 Å². The van der Waals surface area contributed by atoms with Gasteiger partial charge in [0, 0.05) is 26.3 Å². The van der Waals surface area contributed by atoms with Crippen molar-refractivity contribution in [3.63, 3.8) is 0 Å². The number of anilines is 1. The van der Waals surface area contributed by atoms with E-state index < -0.39 is 21.9 Å². The number of methoxy groups -OCH3 is 1. The summed E-state index contributed by atoms with van der Waals surface area (Å²) in [4.78, 5) is 26.1. The predicted molar refractivity (Wildman–Crippen MR) is 113 cm³/mol. The maximum Gasteiger partial charge on any atom is 0.325 e. The van der Waals surface area contributed by atoms with Gasteiger partial charge < -0.3 is 14.4 Å². The van der Waals surface area contributed by atoms with Crippen molar-refractivity contribution < 1.29 is 27.5 Å². The Balaban J connectivity index is 2.31. The van der Waals surface area contributed by atoms with E-state index >= 15 is 0 Å². The van der Waals surface area contributed by atoms with Gasteiger partial charge in [-0.25, -0.2) is 8.42 Å². The topological polar surface area (TPSA) is 93.2 Å². The zero-order valence-electron chi connectivity index (χ0n) is 17.3. The zero-order chi connectivity index (χ0) is 22.1. The van der Waals surface area contributed by atoms with Crippen LogP contribution in [0.2, 0.25) is 0 Å². The third-order valence-corrected chi connectivity index (χ3v) is 6.12. The fraction of sp³-hybridized carbons (Fsp3) is 0.333. The summed E-state index contributed by atoms with van der Waals surface area (Å²) >= 11 is 0. The van der Waals surface area contributed by atoms with Crippen LogP contribution in [0, 0.1) is 0 Å². The van der Waals surface area contributed by atoms with Gasteiger partial charge in [0.1, 0.15) is 6.54 Å². The van der Waals surface area contributed by atoms with E-state index in [2.05, 4.69) is 0 Å². The number of amides is 1. The number of hydrogen-bond acceptors (Lipinski definition) is 6. The molecule has 162 valence electrons. The highest BCUT2D eigenvalue weighted by atomic mass is 32.2. The van der Waals surface area contributed by atoms with Crippen molar-refractivity contribution in [2.24, 2.45) is 0 Å². The Morgan fingerprint density at radius 1 is 1.03 bits per heavy atom. The first-order valence-electron chi connectivity index (χ1n) is 9.39. The minimum Gasteiger partial charge on any atom is -0.465 e. The summed E-state index contributed by atoms with van der Waals surface area (Å²) in [7, 11) is -0.941. The molecule has 30 heavy (non-hydrogen) atoms. The number of sulfonamides is 1. The maximum atomic E-state index is 13.0. The highest BCUT2D eigenvalue weighted by Crippen LogP contribution is 2.22. The lowest BCUT2D eigenvalue weighted by Crippen LogP contribution is -2.38. The third-order valence-electron chi connectivity index (χ3n) is 4.34. The van der Waals surface area contributed by atoms with E-state index in [0.717, 1.165) is 4.31 Å². The van der Waals surface area contributed by atoms with Crippen LogP contribution in [-0.2, 0) is 24.3 Å². The summed E-state index contributed by atoms with van der Waals surface area (Å²) in [5, 5.41) is 0. The SMILES string of the molecule is CCOC(=O)CN(CCOC)C(=O)c1cccc(S(=O)(=O)N(C)c2ccccc2)c1. The number of carbonyl (C=O) groups is 2. The third kappa shape index (κ3) is 5.80. The van der Waals surface area contributed by atoms with Crippen LogP contribution >= 0.6 is 0 Å². The van der Waals surface area contributed by atoms with Gasteiger partial charge in [-0.05, 0) is 37.3 Å². The number of rotatable bonds is 10. The van der Waals surface area contributed by atoms with E-state index in [9.17, 15) is 18.0 Å². The Morgan fingerprint density at radius 2 is 1.73 bits per heavy atom. The van der Waals surface area contributed by atoms with Crippen LogP contribution in [0.4, 0.5) is 5.69 Å². The molecule has 1 amide bonds. The van der Waals surface area contributed by atoms with Gasteiger partial charge in [-0.3, -0.25) is 13.9 Å². The van der Waals surface area contributed by atoms with Crippen LogP contribution < -0.4 is 4.31 Å². The molecule has 2 aromatic carbocycles. The molecule has 0 aliphatic heterocycles. The van der Waals surface area contributed by atoms with Crippen molar-refractivity contribution in [2.45, 2.75) is 11.8 Å². The lowest BCUT2D eigenvalue weighted by molar-refractivity contribution is -0.143. The number of ether oxygens (including phenoxy) is 2. The van der Waals surface area contributed by atoms with E-state index in [0.29, 0.717) is 5.69 Å². The van der Waals surface area contributed by atoms with Gasteiger partial charge in [0.25, 0.3) is 15.9 Å². The van der Waals surface area contributed by atoms with Gasteiger partial charge in [-0.1, -0.05) is 24.3 Å². The molecule has 0 radical (unpaired) electrons. The van der Waals surface area contributed by atoms with Gasteiger partial charge in [0.15, 0.2) is 0 Å². The molecule has 0 aromatic heterocycles. The zero-order valence-corrected chi connectivity index (χ0v) is 18.1. The first-order chi connectivity index (χ1) is 14.3. The molecular formula is C21H26N2O6S. The van der Waals surface area contributed by atoms with Crippen molar-refractivity contribution in [1.82, 2.24) is 4.90 Å². The Labute approximate surface area is 177 Å². The molecule has 0 unspecified atom stereocenters. The highest BCUT2D eigenvalue weighted by molar-refractivity contribution is 7.92. The van der Waals surface area contributed by atoms with Crippen LogP contribution in [-0.4, -0.2) is 65.7 Å². The van der Waals surface area contributed by atoms with Gasteiger partial charge in [0.05, 0.1) is 23.8 Å². The van der Waals surface area contributed by atoms with Crippen LogP contribution in [0.15, 0.2) is 59.5 Å². The highest BCUT2D eigenvalue weighted by Gasteiger charge is 2.24. The molecule has 8 nitrogen and oxygen atoms in total. The van der Waals surface area contributed by atoms with Gasteiger partial charge >= 0.3 is 5.97 Å². The summed E-state index contributed by atoms with van der Waals surface area (Å²) < 4.78 is 37.1. The molecular weight excluding hydrogens is 408 g/mol. The van der Waals surface area contributed by atoms with E-state index in [1.807, 2.05) is 0 Å². The number of nitrogens with zero attached hydrogens (tertiary/aromatic N) is 2. The van der Waals surface area contributed by atoms with Gasteiger partial charge in [-0.15, -0.1) is 0 Å². The first kappa shape index (κ1) is 23.4. The fourth-order valence-corrected chi connectivity index (χ4v) is 3.97. The molecule has 9 heteroatoms. The predicted octanol–water partition coefficient (Wildman–Crippen LogP) is 2.16. The molecule has 0 N–H and O–H groups in total. The van der Waals surface area contributed by atoms with Crippen molar-refractivity contribution in [2.75, 3.05) is 44.8 Å². The second-order valence-corrected chi connectivity index (χ2v) is 8.33. The molecule has 0 saturated carbocycles.